The van der Waals surface area contributed by atoms with Gasteiger partial charge in [0.25, 0.3) is 5.69 Å². The van der Waals surface area contributed by atoms with E-state index in [1.54, 1.807) is 0 Å². The van der Waals surface area contributed by atoms with Gasteiger partial charge in [-0.2, -0.15) is 0 Å². The summed E-state index contributed by atoms with van der Waals surface area (Å²) in [6, 6.07) is 3.73. The first-order valence-electron chi connectivity index (χ1n) is 6.91. The average molecular weight is 324 g/mol. The minimum atomic E-state index is -0.909. The molecule has 1 aromatic carbocycles. The second-order valence-electron chi connectivity index (χ2n) is 5.01. The Kier molecular flexibility index (Phi) is 6.94. The first-order chi connectivity index (χ1) is 10.8. The van der Waals surface area contributed by atoms with Crippen molar-refractivity contribution < 1.29 is 19.2 Å². The van der Waals surface area contributed by atoms with E-state index < -0.39 is 16.7 Å². The third-order valence-corrected chi connectivity index (χ3v) is 2.92. The Hall–Kier alpha value is -2.68. The predicted molar refractivity (Wildman–Crippen MR) is 84.5 cm³/mol. The molecule has 0 aliphatic heterocycles. The van der Waals surface area contributed by atoms with Gasteiger partial charge >= 0.3 is 11.8 Å². The molecule has 0 heterocycles. The minimum Gasteiger partial charge on any atom is -0.495 e. The normalized spacial score (nSPS) is 10.3. The summed E-state index contributed by atoms with van der Waals surface area (Å²) in [6.07, 6.45) is 0.701. The van der Waals surface area contributed by atoms with E-state index in [4.69, 9.17) is 4.74 Å². The number of hydrogen-bond donors (Lipinski definition) is 2. The van der Waals surface area contributed by atoms with Crippen molar-refractivity contribution in [3.63, 3.8) is 0 Å². The Bertz CT molecular complexity index is 589. The number of anilines is 1. The van der Waals surface area contributed by atoms with Gasteiger partial charge in [-0.15, -0.1) is 0 Å². The lowest BCUT2D eigenvalue weighted by Gasteiger charge is -2.11. The van der Waals surface area contributed by atoms with Crippen LogP contribution < -0.4 is 15.4 Å². The molecular formula is C14H20N4O5. The first kappa shape index (κ1) is 18.4. The molecule has 0 unspecified atom stereocenters. The average Bonchev–Trinajstić information content (AvgIpc) is 2.50. The van der Waals surface area contributed by atoms with Crippen molar-refractivity contribution in [3.05, 3.63) is 28.3 Å². The zero-order chi connectivity index (χ0) is 17.4. The van der Waals surface area contributed by atoms with E-state index >= 15 is 0 Å². The van der Waals surface area contributed by atoms with Crippen LogP contribution in [0.4, 0.5) is 11.4 Å². The fourth-order valence-electron chi connectivity index (χ4n) is 1.76. The van der Waals surface area contributed by atoms with E-state index in [0.717, 1.165) is 12.6 Å². The highest BCUT2D eigenvalue weighted by Gasteiger charge is 2.18. The van der Waals surface area contributed by atoms with Crippen LogP contribution in [-0.2, 0) is 9.59 Å². The summed E-state index contributed by atoms with van der Waals surface area (Å²) >= 11 is 0. The smallest absolute Gasteiger partial charge is 0.313 e. The summed E-state index contributed by atoms with van der Waals surface area (Å²) < 4.78 is 5.01. The Labute approximate surface area is 133 Å². The topological polar surface area (TPSA) is 114 Å². The number of nitrogens with zero attached hydrogens (tertiary/aromatic N) is 2. The van der Waals surface area contributed by atoms with Gasteiger partial charge in [0, 0.05) is 18.7 Å². The molecule has 23 heavy (non-hydrogen) atoms. The van der Waals surface area contributed by atoms with Crippen molar-refractivity contribution in [2.24, 2.45) is 0 Å². The van der Waals surface area contributed by atoms with E-state index in [1.165, 1.54) is 19.2 Å². The highest BCUT2D eigenvalue weighted by molar-refractivity contribution is 6.39. The fourth-order valence-corrected chi connectivity index (χ4v) is 1.76. The zero-order valence-electron chi connectivity index (χ0n) is 13.3. The van der Waals surface area contributed by atoms with Gasteiger partial charge in [0.15, 0.2) is 0 Å². The van der Waals surface area contributed by atoms with Crippen LogP contribution in [0.15, 0.2) is 18.2 Å². The summed E-state index contributed by atoms with van der Waals surface area (Å²) in [7, 11) is 5.17. The van der Waals surface area contributed by atoms with Gasteiger partial charge in [-0.25, -0.2) is 0 Å². The second-order valence-corrected chi connectivity index (χ2v) is 5.01. The summed E-state index contributed by atoms with van der Waals surface area (Å²) in [5.74, 6) is -1.49. The molecule has 0 atom stereocenters. The van der Waals surface area contributed by atoms with Crippen molar-refractivity contribution in [1.82, 2.24) is 10.2 Å². The van der Waals surface area contributed by atoms with Crippen LogP contribution in [-0.4, -0.2) is 55.9 Å². The summed E-state index contributed by atoms with van der Waals surface area (Å²) in [6.45, 7) is 1.14. The van der Waals surface area contributed by atoms with E-state index in [0.29, 0.717) is 13.0 Å². The largest absolute Gasteiger partial charge is 0.495 e. The van der Waals surface area contributed by atoms with Crippen molar-refractivity contribution in [1.29, 1.82) is 0 Å². The first-order valence-corrected chi connectivity index (χ1v) is 6.91. The lowest BCUT2D eigenvalue weighted by molar-refractivity contribution is -0.384. The van der Waals surface area contributed by atoms with E-state index in [9.17, 15) is 19.7 Å². The van der Waals surface area contributed by atoms with Gasteiger partial charge in [0.2, 0.25) is 0 Å². The fraction of sp³-hybridized carbons (Fsp3) is 0.429. The summed E-state index contributed by atoms with van der Waals surface area (Å²) in [4.78, 5) is 35.7. The monoisotopic (exact) mass is 324 g/mol. The number of non-ortho nitro benzene ring substituents is 1. The standard InChI is InChI=1S/C14H20N4O5/c1-17(2)8-4-7-15-13(19)14(20)16-11-9-10(18(21)22)5-6-12(11)23-3/h5-6,9H,4,7-8H2,1-3H3,(H,15,19)(H,16,20). The molecule has 9 heteroatoms. The number of carbonyl (C=O) groups is 2. The molecule has 2 N–H and O–H groups in total. The van der Waals surface area contributed by atoms with E-state index in [1.807, 2.05) is 19.0 Å². The van der Waals surface area contributed by atoms with Gasteiger partial charge in [-0.3, -0.25) is 19.7 Å². The number of hydrogen-bond acceptors (Lipinski definition) is 6. The van der Waals surface area contributed by atoms with Gasteiger partial charge < -0.3 is 20.3 Å². The Balaban J connectivity index is 2.67. The number of carbonyl (C=O) groups excluding carboxylic acids is 2. The van der Waals surface area contributed by atoms with Crippen LogP contribution in [0.25, 0.3) is 0 Å². The number of nitrogens with one attached hydrogen (secondary N) is 2. The van der Waals surface area contributed by atoms with Crippen molar-refractivity contribution in [2.75, 3.05) is 39.6 Å². The summed E-state index contributed by atoms with van der Waals surface area (Å²) in [5.41, 5.74) is -0.150. The van der Waals surface area contributed by atoms with E-state index in [-0.39, 0.29) is 17.1 Å². The molecule has 0 aromatic heterocycles. The Morgan fingerprint density at radius 1 is 1.30 bits per heavy atom. The van der Waals surface area contributed by atoms with E-state index in [2.05, 4.69) is 10.6 Å². The van der Waals surface area contributed by atoms with Crippen LogP contribution in [0.3, 0.4) is 0 Å². The van der Waals surface area contributed by atoms with Crippen molar-refractivity contribution >= 4 is 23.2 Å². The van der Waals surface area contributed by atoms with Crippen molar-refractivity contribution in [3.8, 4) is 5.75 Å². The van der Waals surface area contributed by atoms with Crippen LogP contribution in [0.1, 0.15) is 6.42 Å². The number of nitro benzene ring substituents is 1. The molecule has 0 saturated carbocycles. The Morgan fingerprint density at radius 3 is 2.57 bits per heavy atom. The molecule has 0 radical (unpaired) electrons. The lowest BCUT2D eigenvalue weighted by atomic mass is 10.2. The molecule has 2 amide bonds. The third kappa shape index (κ3) is 5.91. The molecule has 0 aliphatic carbocycles. The molecule has 0 saturated heterocycles. The minimum absolute atomic E-state index is 0.0649. The SMILES string of the molecule is COc1ccc([N+](=O)[O-])cc1NC(=O)C(=O)NCCCN(C)C. The highest BCUT2D eigenvalue weighted by Crippen LogP contribution is 2.28. The van der Waals surface area contributed by atoms with Crippen LogP contribution in [0.5, 0.6) is 5.75 Å². The van der Waals surface area contributed by atoms with Crippen LogP contribution in [0.2, 0.25) is 0 Å². The van der Waals surface area contributed by atoms with Gasteiger partial charge in [-0.1, -0.05) is 0 Å². The number of ether oxygens (including phenoxy) is 1. The molecule has 0 aliphatic rings. The maximum absolute atomic E-state index is 11.8. The highest BCUT2D eigenvalue weighted by atomic mass is 16.6. The number of rotatable bonds is 7. The Morgan fingerprint density at radius 2 is 2.00 bits per heavy atom. The van der Waals surface area contributed by atoms with Crippen LogP contribution >= 0.6 is 0 Å². The number of benzene rings is 1. The zero-order valence-corrected chi connectivity index (χ0v) is 13.3. The van der Waals surface area contributed by atoms with Crippen molar-refractivity contribution in [2.45, 2.75) is 6.42 Å². The number of methoxy groups -OCH3 is 1. The quantitative estimate of drug-likeness (QED) is 0.329. The number of amides is 2. The molecule has 1 rings (SSSR count). The molecular weight excluding hydrogens is 304 g/mol. The maximum atomic E-state index is 11.8. The van der Waals surface area contributed by atoms with Crippen LogP contribution in [0, 0.1) is 10.1 Å². The predicted octanol–water partition coefficient (Wildman–Crippen LogP) is 0.610. The maximum Gasteiger partial charge on any atom is 0.313 e. The third-order valence-electron chi connectivity index (χ3n) is 2.92. The molecule has 9 nitrogen and oxygen atoms in total. The molecule has 126 valence electrons. The van der Waals surface area contributed by atoms with Gasteiger partial charge in [0.1, 0.15) is 5.75 Å². The van der Waals surface area contributed by atoms with Gasteiger partial charge in [0.05, 0.1) is 17.7 Å². The molecule has 1 aromatic rings. The van der Waals surface area contributed by atoms with Gasteiger partial charge in [-0.05, 0) is 33.1 Å². The molecule has 0 spiro atoms. The number of nitro groups is 1. The summed E-state index contributed by atoms with van der Waals surface area (Å²) in [5, 5.41) is 15.6. The molecule has 0 fully saturated rings. The lowest BCUT2D eigenvalue weighted by Crippen LogP contribution is -2.36. The second kappa shape index (κ2) is 8.69. The molecule has 0 bridgehead atoms.